The second kappa shape index (κ2) is 6.87. The first-order valence-corrected chi connectivity index (χ1v) is 7.72. The molecular weight excluding hydrogens is 296 g/mol. The molecular formula is C16H20N4O3. The Kier molecular flexibility index (Phi) is 4.66. The van der Waals surface area contributed by atoms with Crippen molar-refractivity contribution < 1.29 is 13.9 Å². The van der Waals surface area contributed by atoms with Crippen LogP contribution in [-0.4, -0.2) is 51.6 Å². The summed E-state index contributed by atoms with van der Waals surface area (Å²) in [6, 6.07) is 1.98. The van der Waals surface area contributed by atoms with Crippen molar-refractivity contribution in [2.45, 2.75) is 32.8 Å². The molecule has 1 fully saturated rings. The molecule has 7 nitrogen and oxygen atoms in total. The van der Waals surface area contributed by atoms with Crippen LogP contribution in [0, 0.1) is 13.8 Å². The summed E-state index contributed by atoms with van der Waals surface area (Å²) in [6.45, 7) is 5.38. The number of ether oxygens (including phenoxy) is 1. The number of hydrogen-bond acceptors (Lipinski definition) is 6. The smallest absolute Gasteiger partial charge is 0.291 e. The van der Waals surface area contributed by atoms with Gasteiger partial charge in [0.1, 0.15) is 6.33 Å². The van der Waals surface area contributed by atoms with Gasteiger partial charge in [-0.1, -0.05) is 0 Å². The maximum absolute atomic E-state index is 12.5. The molecule has 0 aliphatic carbocycles. The lowest BCUT2D eigenvalue weighted by Gasteiger charge is -2.32. The van der Waals surface area contributed by atoms with Crippen LogP contribution in [0.3, 0.4) is 0 Å². The monoisotopic (exact) mass is 316 g/mol. The highest BCUT2D eigenvalue weighted by molar-refractivity contribution is 5.92. The second-order valence-electron chi connectivity index (χ2n) is 5.70. The number of aryl methyl sites for hydroxylation is 3. The molecule has 0 aromatic carbocycles. The zero-order valence-corrected chi connectivity index (χ0v) is 13.4. The summed E-state index contributed by atoms with van der Waals surface area (Å²) in [5.41, 5.74) is 2.57. The Balaban J connectivity index is 1.58. The molecule has 3 heterocycles. The minimum atomic E-state index is -0.119. The number of hydrogen-bond donors (Lipinski definition) is 0. The van der Waals surface area contributed by atoms with Crippen molar-refractivity contribution in [3.63, 3.8) is 0 Å². The van der Waals surface area contributed by atoms with E-state index in [2.05, 4.69) is 15.0 Å². The molecule has 1 atom stereocenters. The third kappa shape index (κ3) is 3.73. The fourth-order valence-corrected chi connectivity index (χ4v) is 2.68. The van der Waals surface area contributed by atoms with Crippen LogP contribution in [0.4, 0.5) is 0 Å². The van der Waals surface area contributed by atoms with E-state index in [1.807, 2.05) is 13.0 Å². The van der Waals surface area contributed by atoms with Gasteiger partial charge in [-0.25, -0.2) is 15.0 Å². The number of rotatable bonds is 4. The first-order chi connectivity index (χ1) is 11.1. The number of carbonyl (C=O) groups is 1. The van der Waals surface area contributed by atoms with Gasteiger partial charge >= 0.3 is 0 Å². The number of nitrogens with zero attached hydrogens (tertiary/aromatic N) is 4. The molecule has 1 aliphatic heterocycles. The van der Waals surface area contributed by atoms with Gasteiger partial charge in [0.15, 0.2) is 6.39 Å². The number of aromatic nitrogens is 3. The lowest BCUT2D eigenvalue weighted by atomic mass is 10.1. The van der Waals surface area contributed by atoms with Crippen LogP contribution in [0.15, 0.2) is 23.2 Å². The van der Waals surface area contributed by atoms with Gasteiger partial charge in [0.25, 0.3) is 5.91 Å². The molecule has 0 unspecified atom stereocenters. The number of morpholine rings is 1. The average Bonchev–Trinajstić information content (AvgIpc) is 2.99. The minimum Gasteiger partial charge on any atom is -0.438 e. The fourth-order valence-electron chi connectivity index (χ4n) is 2.68. The highest BCUT2D eigenvalue weighted by atomic mass is 16.5. The summed E-state index contributed by atoms with van der Waals surface area (Å²) >= 11 is 0. The van der Waals surface area contributed by atoms with Gasteiger partial charge in [-0.05, 0) is 32.8 Å². The summed E-state index contributed by atoms with van der Waals surface area (Å²) in [4.78, 5) is 26.6. The first kappa shape index (κ1) is 15.6. The molecule has 1 amide bonds. The summed E-state index contributed by atoms with van der Waals surface area (Å²) in [5, 5.41) is 0. The van der Waals surface area contributed by atoms with Gasteiger partial charge in [0.05, 0.1) is 18.4 Å². The maximum Gasteiger partial charge on any atom is 0.291 e. The summed E-state index contributed by atoms with van der Waals surface area (Å²) < 4.78 is 11.0. The Bertz CT molecular complexity index is 685. The molecule has 1 saturated heterocycles. The normalized spacial score (nSPS) is 18.2. The van der Waals surface area contributed by atoms with Crippen molar-refractivity contribution >= 4 is 5.91 Å². The van der Waals surface area contributed by atoms with Crippen molar-refractivity contribution in [3.05, 3.63) is 41.6 Å². The van der Waals surface area contributed by atoms with Crippen LogP contribution in [0.25, 0.3) is 0 Å². The average molecular weight is 316 g/mol. The fraction of sp³-hybridized carbons (Fsp3) is 0.500. The number of amides is 1. The third-order valence-corrected chi connectivity index (χ3v) is 3.95. The topological polar surface area (TPSA) is 81.4 Å². The van der Waals surface area contributed by atoms with Crippen molar-refractivity contribution in [1.82, 2.24) is 19.9 Å². The van der Waals surface area contributed by atoms with Crippen LogP contribution in [0.5, 0.6) is 0 Å². The molecule has 23 heavy (non-hydrogen) atoms. The van der Waals surface area contributed by atoms with E-state index in [1.54, 1.807) is 18.2 Å². The third-order valence-electron chi connectivity index (χ3n) is 3.95. The lowest BCUT2D eigenvalue weighted by molar-refractivity contribution is -0.0256. The van der Waals surface area contributed by atoms with E-state index < -0.39 is 0 Å². The quantitative estimate of drug-likeness (QED) is 0.851. The van der Waals surface area contributed by atoms with Gasteiger partial charge in [0, 0.05) is 24.5 Å². The highest BCUT2D eigenvalue weighted by Crippen LogP contribution is 2.16. The predicted octanol–water partition coefficient (Wildman–Crippen LogP) is 1.56. The first-order valence-electron chi connectivity index (χ1n) is 7.72. The maximum atomic E-state index is 12.5. The van der Waals surface area contributed by atoms with Crippen LogP contribution in [0.2, 0.25) is 0 Å². The SMILES string of the molecule is Cc1cc(CC[C@@H]2CN(C(=O)c3ocnc3C)CCO2)ncn1. The Morgan fingerprint density at radius 1 is 1.35 bits per heavy atom. The van der Waals surface area contributed by atoms with Crippen LogP contribution in [-0.2, 0) is 11.2 Å². The van der Waals surface area contributed by atoms with Crippen molar-refractivity contribution in [3.8, 4) is 0 Å². The molecule has 0 radical (unpaired) electrons. The van der Waals surface area contributed by atoms with E-state index >= 15 is 0 Å². The zero-order valence-electron chi connectivity index (χ0n) is 13.4. The van der Waals surface area contributed by atoms with Gasteiger partial charge in [-0.3, -0.25) is 4.79 Å². The van der Waals surface area contributed by atoms with Gasteiger partial charge < -0.3 is 14.1 Å². The molecule has 7 heteroatoms. The number of carbonyl (C=O) groups excluding carboxylic acids is 1. The van der Waals surface area contributed by atoms with Crippen molar-refractivity contribution in [2.75, 3.05) is 19.7 Å². The zero-order chi connectivity index (χ0) is 16.2. The summed E-state index contributed by atoms with van der Waals surface area (Å²) in [7, 11) is 0. The molecule has 122 valence electrons. The minimum absolute atomic E-state index is 0.00574. The molecule has 0 saturated carbocycles. The molecule has 0 spiro atoms. The van der Waals surface area contributed by atoms with Crippen LogP contribution >= 0.6 is 0 Å². The molecule has 0 N–H and O–H groups in total. The van der Waals surface area contributed by atoms with Crippen molar-refractivity contribution in [1.29, 1.82) is 0 Å². The Morgan fingerprint density at radius 3 is 2.96 bits per heavy atom. The van der Waals surface area contributed by atoms with E-state index in [0.29, 0.717) is 31.2 Å². The van der Waals surface area contributed by atoms with E-state index in [4.69, 9.17) is 9.15 Å². The lowest BCUT2D eigenvalue weighted by Crippen LogP contribution is -2.45. The van der Waals surface area contributed by atoms with Crippen molar-refractivity contribution in [2.24, 2.45) is 0 Å². The van der Waals surface area contributed by atoms with E-state index in [9.17, 15) is 4.79 Å². The van der Waals surface area contributed by atoms with E-state index in [0.717, 1.165) is 24.2 Å². The Labute approximate surface area is 134 Å². The highest BCUT2D eigenvalue weighted by Gasteiger charge is 2.27. The Hall–Kier alpha value is -2.28. The Morgan fingerprint density at radius 2 is 2.22 bits per heavy atom. The molecule has 2 aromatic heterocycles. The second-order valence-corrected chi connectivity index (χ2v) is 5.70. The van der Waals surface area contributed by atoms with Gasteiger partial charge in [0.2, 0.25) is 5.76 Å². The van der Waals surface area contributed by atoms with E-state index in [1.165, 1.54) is 6.39 Å². The predicted molar refractivity (Wildman–Crippen MR) is 82.0 cm³/mol. The molecule has 2 aromatic rings. The van der Waals surface area contributed by atoms with Gasteiger partial charge in [-0.2, -0.15) is 0 Å². The summed E-state index contributed by atoms with van der Waals surface area (Å²) in [5.74, 6) is 0.197. The van der Waals surface area contributed by atoms with Crippen LogP contribution < -0.4 is 0 Å². The van der Waals surface area contributed by atoms with Gasteiger partial charge in [-0.15, -0.1) is 0 Å². The largest absolute Gasteiger partial charge is 0.438 e. The van der Waals surface area contributed by atoms with Crippen LogP contribution in [0.1, 0.15) is 34.1 Å². The molecule has 1 aliphatic rings. The number of oxazole rings is 1. The summed E-state index contributed by atoms with van der Waals surface area (Å²) in [6.07, 6.45) is 4.51. The van der Waals surface area contributed by atoms with E-state index in [-0.39, 0.29) is 12.0 Å². The molecule has 3 rings (SSSR count). The standard InChI is InChI=1S/C16H20N4O3/c1-11-7-13(18-9-17-11)3-4-14-8-20(5-6-22-14)16(21)15-12(2)19-10-23-15/h7,9-10,14H,3-6,8H2,1-2H3/t14-/m1/s1. The molecule has 0 bridgehead atoms.